The summed E-state index contributed by atoms with van der Waals surface area (Å²) in [4.78, 5) is 4.60. The summed E-state index contributed by atoms with van der Waals surface area (Å²) in [5, 5.41) is 5.26. The van der Waals surface area contributed by atoms with Crippen molar-refractivity contribution in [3.8, 4) is 0 Å². The maximum absolute atomic E-state index is 5.47. The minimum absolute atomic E-state index is 0.469. The predicted molar refractivity (Wildman–Crippen MR) is 79.1 cm³/mol. The Morgan fingerprint density at radius 1 is 1.10 bits per heavy atom. The van der Waals surface area contributed by atoms with E-state index in [-0.39, 0.29) is 0 Å². The van der Waals surface area contributed by atoms with Gasteiger partial charge in [0.15, 0.2) is 5.82 Å². The second-order valence-corrected chi connectivity index (χ2v) is 5.85. The van der Waals surface area contributed by atoms with Crippen LogP contribution in [0.25, 0.3) is 11.0 Å². The third kappa shape index (κ3) is 2.58. The molecule has 1 aliphatic rings. The molecule has 3 aromatic rings. The first-order valence-corrected chi connectivity index (χ1v) is 7.67. The summed E-state index contributed by atoms with van der Waals surface area (Å²) in [5.74, 6) is 2.07. The van der Waals surface area contributed by atoms with Crippen molar-refractivity contribution in [3.63, 3.8) is 0 Å². The molecule has 0 atom stereocenters. The van der Waals surface area contributed by atoms with E-state index < -0.39 is 0 Å². The van der Waals surface area contributed by atoms with Crippen LogP contribution in [0.2, 0.25) is 0 Å². The number of rotatable bonds is 3. The normalized spacial score (nSPS) is 16.6. The first-order valence-electron chi connectivity index (χ1n) is 7.67. The quantitative estimate of drug-likeness (QED) is 0.712. The van der Waals surface area contributed by atoms with Gasteiger partial charge in [0.1, 0.15) is 5.58 Å². The van der Waals surface area contributed by atoms with Crippen LogP contribution in [-0.4, -0.2) is 10.1 Å². The number of nitrogens with zero attached hydrogens (tertiary/aromatic N) is 2. The molecule has 1 saturated carbocycles. The molecule has 0 amide bonds. The van der Waals surface area contributed by atoms with Gasteiger partial charge in [0.2, 0.25) is 5.89 Å². The van der Waals surface area contributed by atoms with Gasteiger partial charge in [0.05, 0.1) is 6.26 Å². The molecule has 1 fully saturated rings. The van der Waals surface area contributed by atoms with Crippen LogP contribution in [0.4, 0.5) is 0 Å². The van der Waals surface area contributed by atoms with Crippen LogP contribution in [0, 0.1) is 0 Å². The zero-order valence-electron chi connectivity index (χ0n) is 11.9. The Labute approximate surface area is 123 Å². The molecule has 4 nitrogen and oxygen atoms in total. The molecule has 0 radical (unpaired) electrons. The van der Waals surface area contributed by atoms with Crippen LogP contribution < -0.4 is 0 Å². The van der Waals surface area contributed by atoms with Crippen molar-refractivity contribution in [1.29, 1.82) is 0 Å². The number of furan rings is 1. The molecular formula is C17H18N2O2. The molecule has 0 aliphatic heterocycles. The number of benzene rings is 1. The number of hydrogen-bond donors (Lipinski definition) is 0. The molecule has 0 unspecified atom stereocenters. The summed E-state index contributed by atoms with van der Waals surface area (Å²) < 4.78 is 10.8. The Morgan fingerprint density at radius 2 is 2.00 bits per heavy atom. The van der Waals surface area contributed by atoms with Crippen molar-refractivity contribution < 1.29 is 8.94 Å². The van der Waals surface area contributed by atoms with Crippen LogP contribution in [-0.2, 0) is 6.42 Å². The van der Waals surface area contributed by atoms with E-state index in [1.54, 1.807) is 6.26 Å². The molecule has 0 spiro atoms. The van der Waals surface area contributed by atoms with Gasteiger partial charge in [-0.25, -0.2) is 0 Å². The number of fused-ring (bicyclic) bond motifs is 1. The largest absolute Gasteiger partial charge is 0.464 e. The van der Waals surface area contributed by atoms with Gasteiger partial charge in [0.25, 0.3) is 0 Å². The molecule has 1 aliphatic carbocycles. The average Bonchev–Trinajstić information content (AvgIpc) is 3.17. The highest BCUT2D eigenvalue weighted by Gasteiger charge is 2.21. The molecule has 0 N–H and O–H groups in total. The van der Waals surface area contributed by atoms with Crippen molar-refractivity contribution in [2.75, 3.05) is 0 Å². The monoisotopic (exact) mass is 282 g/mol. The fourth-order valence-electron chi connectivity index (χ4n) is 3.16. The molecule has 0 saturated heterocycles. The van der Waals surface area contributed by atoms with Crippen LogP contribution in [0.3, 0.4) is 0 Å². The lowest BCUT2D eigenvalue weighted by atomic mass is 9.89. The van der Waals surface area contributed by atoms with Crippen molar-refractivity contribution in [2.45, 2.75) is 44.4 Å². The molecule has 0 bridgehead atoms. The lowest BCUT2D eigenvalue weighted by Crippen LogP contribution is -2.04. The second-order valence-electron chi connectivity index (χ2n) is 5.85. The van der Waals surface area contributed by atoms with E-state index in [1.807, 2.05) is 12.1 Å². The molecular weight excluding hydrogens is 264 g/mol. The summed E-state index contributed by atoms with van der Waals surface area (Å²) in [5.41, 5.74) is 2.09. The van der Waals surface area contributed by atoms with Gasteiger partial charge in [-0.3, -0.25) is 0 Å². The Balaban J connectivity index is 1.52. The smallest absolute Gasteiger partial charge is 0.229 e. The fourth-order valence-corrected chi connectivity index (χ4v) is 3.16. The molecule has 108 valence electrons. The summed E-state index contributed by atoms with van der Waals surface area (Å²) >= 11 is 0. The third-order valence-corrected chi connectivity index (χ3v) is 4.32. The standard InChI is InChI=1S/C17H18N2O2/c1-2-4-13(5-3-1)17-18-16(19-21-17)11-12-6-7-15-14(10-12)8-9-20-15/h6-10,13H,1-5,11H2. The van der Waals surface area contributed by atoms with E-state index in [1.165, 1.54) is 37.7 Å². The zero-order valence-corrected chi connectivity index (χ0v) is 11.9. The van der Waals surface area contributed by atoms with E-state index in [2.05, 4.69) is 22.3 Å². The van der Waals surface area contributed by atoms with E-state index in [4.69, 9.17) is 8.94 Å². The highest BCUT2D eigenvalue weighted by molar-refractivity contribution is 5.77. The van der Waals surface area contributed by atoms with Crippen LogP contribution in [0.1, 0.15) is 55.3 Å². The van der Waals surface area contributed by atoms with Gasteiger partial charge in [0, 0.05) is 17.7 Å². The number of aromatic nitrogens is 2. The van der Waals surface area contributed by atoms with Gasteiger partial charge in [-0.1, -0.05) is 30.5 Å². The van der Waals surface area contributed by atoms with E-state index in [0.717, 1.165) is 22.7 Å². The topological polar surface area (TPSA) is 52.1 Å². The van der Waals surface area contributed by atoms with Crippen LogP contribution >= 0.6 is 0 Å². The average molecular weight is 282 g/mol. The molecule has 2 aromatic heterocycles. The molecule has 21 heavy (non-hydrogen) atoms. The Morgan fingerprint density at radius 3 is 2.90 bits per heavy atom. The Bertz CT molecular complexity index is 738. The predicted octanol–water partition coefficient (Wildman–Crippen LogP) is 4.45. The zero-order chi connectivity index (χ0) is 14.1. The lowest BCUT2D eigenvalue weighted by Gasteiger charge is -2.17. The van der Waals surface area contributed by atoms with Crippen LogP contribution in [0.5, 0.6) is 0 Å². The third-order valence-electron chi connectivity index (χ3n) is 4.32. The Hall–Kier alpha value is -2.10. The van der Waals surface area contributed by atoms with Gasteiger partial charge in [-0.15, -0.1) is 0 Å². The van der Waals surface area contributed by atoms with Gasteiger partial charge >= 0.3 is 0 Å². The van der Waals surface area contributed by atoms with Crippen molar-refractivity contribution in [2.24, 2.45) is 0 Å². The first-order chi connectivity index (χ1) is 10.4. The van der Waals surface area contributed by atoms with Gasteiger partial charge in [-0.05, 0) is 36.6 Å². The summed E-state index contributed by atoms with van der Waals surface area (Å²) in [6, 6.07) is 8.15. The highest BCUT2D eigenvalue weighted by atomic mass is 16.5. The van der Waals surface area contributed by atoms with Crippen molar-refractivity contribution in [3.05, 3.63) is 47.8 Å². The van der Waals surface area contributed by atoms with E-state index >= 15 is 0 Å². The summed E-state index contributed by atoms with van der Waals surface area (Å²) in [6.45, 7) is 0. The van der Waals surface area contributed by atoms with Crippen molar-refractivity contribution >= 4 is 11.0 Å². The maximum atomic E-state index is 5.47. The molecule has 1 aromatic carbocycles. The fraction of sp³-hybridized carbons (Fsp3) is 0.412. The minimum Gasteiger partial charge on any atom is -0.464 e. The molecule has 4 heteroatoms. The summed E-state index contributed by atoms with van der Waals surface area (Å²) in [6.07, 6.45) is 8.67. The van der Waals surface area contributed by atoms with Crippen LogP contribution in [0.15, 0.2) is 39.5 Å². The van der Waals surface area contributed by atoms with E-state index in [9.17, 15) is 0 Å². The second kappa shape index (κ2) is 5.35. The maximum Gasteiger partial charge on any atom is 0.229 e. The SMILES string of the molecule is c1cc2cc(Cc3noc(C4CCCCC4)n3)ccc2o1. The molecule has 4 rings (SSSR count). The Kier molecular flexibility index (Phi) is 3.22. The number of hydrogen-bond acceptors (Lipinski definition) is 4. The lowest BCUT2D eigenvalue weighted by molar-refractivity contribution is 0.312. The molecule has 2 heterocycles. The van der Waals surface area contributed by atoms with Gasteiger partial charge in [-0.2, -0.15) is 4.98 Å². The van der Waals surface area contributed by atoms with Gasteiger partial charge < -0.3 is 8.94 Å². The summed E-state index contributed by atoms with van der Waals surface area (Å²) in [7, 11) is 0. The first kappa shape index (κ1) is 12.6. The van der Waals surface area contributed by atoms with E-state index in [0.29, 0.717) is 12.3 Å². The highest BCUT2D eigenvalue weighted by Crippen LogP contribution is 2.31. The van der Waals surface area contributed by atoms with Crippen molar-refractivity contribution in [1.82, 2.24) is 10.1 Å². The minimum atomic E-state index is 0.469.